The van der Waals surface area contributed by atoms with Crippen LogP contribution < -0.4 is 10.6 Å². The molecular formula is C17H32N4O. The second-order valence-electron chi connectivity index (χ2n) is 7.79. The van der Waals surface area contributed by atoms with Crippen LogP contribution in [-0.4, -0.2) is 28.5 Å². The first-order valence-corrected chi connectivity index (χ1v) is 8.19. The fraction of sp³-hybridized carbons (Fsp3) is 0.765. The van der Waals surface area contributed by atoms with Gasteiger partial charge in [0, 0.05) is 25.7 Å². The highest BCUT2D eigenvalue weighted by atomic mass is 16.1. The van der Waals surface area contributed by atoms with E-state index in [1.54, 1.807) is 6.33 Å². The van der Waals surface area contributed by atoms with Gasteiger partial charge in [-0.1, -0.05) is 34.1 Å². The first-order valence-electron chi connectivity index (χ1n) is 8.19. The van der Waals surface area contributed by atoms with Crippen molar-refractivity contribution >= 4 is 11.7 Å². The fourth-order valence-corrected chi connectivity index (χ4v) is 2.10. The van der Waals surface area contributed by atoms with E-state index in [9.17, 15) is 4.79 Å². The van der Waals surface area contributed by atoms with Crippen molar-refractivity contribution in [1.29, 1.82) is 0 Å². The Bertz CT molecular complexity index is 471. The zero-order chi connectivity index (χ0) is 16.8. The van der Waals surface area contributed by atoms with Gasteiger partial charge >= 0.3 is 0 Å². The Morgan fingerprint density at radius 3 is 2.50 bits per heavy atom. The van der Waals surface area contributed by atoms with Crippen LogP contribution in [0.3, 0.4) is 0 Å². The lowest BCUT2D eigenvalue weighted by Crippen LogP contribution is -2.40. The Morgan fingerprint density at radius 2 is 1.91 bits per heavy atom. The van der Waals surface area contributed by atoms with Crippen LogP contribution in [-0.2, 0) is 10.3 Å². The molecule has 0 aliphatic rings. The molecule has 22 heavy (non-hydrogen) atoms. The number of unbranched alkanes of at least 4 members (excludes halogenated alkanes) is 1. The van der Waals surface area contributed by atoms with E-state index in [4.69, 9.17) is 0 Å². The second kappa shape index (κ2) is 7.77. The van der Waals surface area contributed by atoms with Crippen LogP contribution in [0, 0.1) is 5.41 Å². The molecule has 0 fully saturated rings. The monoisotopic (exact) mass is 308 g/mol. The van der Waals surface area contributed by atoms with E-state index in [1.807, 2.05) is 6.20 Å². The van der Waals surface area contributed by atoms with E-state index >= 15 is 0 Å². The van der Waals surface area contributed by atoms with Gasteiger partial charge in [-0.3, -0.25) is 4.79 Å². The summed E-state index contributed by atoms with van der Waals surface area (Å²) in [6.07, 6.45) is 6.18. The molecule has 1 heterocycles. The maximum Gasteiger partial charge on any atom is 0.225 e. The molecular weight excluding hydrogens is 276 g/mol. The van der Waals surface area contributed by atoms with Crippen LogP contribution in [0.5, 0.6) is 0 Å². The molecule has 0 aliphatic heterocycles. The molecule has 0 radical (unpaired) electrons. The number of anilines is 1. The first-order chi connectivity index (χ1) is 10.1. The van der Waals surface area contributed by atoms with Crippen LogP contribution in [0.15, 0.2) is 12.5 Å². The van der Waals surface area contributed by atoms with Crippen molar-refractivity contribution in [3.63, 3.8) is 0 Å². The van der Waals surface area contributed by atoms with Crippen molar-refractivity contribution < 1.29 is 4.79 Å². The zero-order valence-electron chi connectivity index (χ0n) is 15.0. The number of aromatic nitrogens is 2. The normalized spacial score (nSPS) is 12.5. The summed E-state index contributed by atoms with van der Waals surface area (Å²) >= 11 is 0. The highest BCUT2D eigenvalue weighted by molar-refractivity contribution is 5.89. The van der Waals surface area contributed by atoms with Gasteiger partial charge in [-0.15, -0.1) is 0 Å². The predicted octanol–water partition coefficient (Wildman–Crippen LogP) is 3.38. The molecule has 0 unspecified atom stereocenters. The van der Waals surface area contributed by atoms with E-state index in [0.29, 0.717) is 12.2 Å². The summed E-state index contributed by atoms with van der Waals surface area (Å²) in [6, 6.07) is 0. The molecule has 0 saturated carbocycles. The van der Waals surface area contributed by atoms with E-state index in [0.717, 1.165) is 25.9 Å². The smallest absolute Gasteiger partial charge is 0.225 e. The quantitative estimate of drug-likeness (QED) is 0.774. The lowest BCUT2D eigenvalue weighted by atomic mass is 9.96. The molecule has 126 valence electrons. The van der Waals surface area contributed by atoms with Gasteiger partial charge in [0.2, 0.25) is 5.91 Å². The highest BCUT2D eigenvalue weighted by Crippen LogP contribution is 2.18. The summed E-state index contributed by atoms with van der Waals surface area (Å²) < 4.78 is 2.05. The minimum absolute atomic E-state index is 0.0377. The predicted molar refractivity (Wildman–Crippen MR) is 92.0 cm³/mol. The van der Waals surface area contributed by atoms with Gasteiger partial charge in [0.15, 0.2) is 5.82 Å². The molecule has 0 atom stereocenters. The largest absolute Gasteiger partial charge is 0.328 e. The fourth-order valence-electron chi connectivity index (χ4n) is 2.10. The highest BCUT2D eigenvalue weighted by Gasteiger charge is 2.21. The van der Waals surface area contributed by atoms with Gasteiger partial charge in [-0.2, -0.15) is 0 Å². The third-order valence-corrected chi connectivity index (χ3v) is 3.52. The third-order valence-electron chi connectivity index (χ3n) is 3.52. The molecule has 0 aliphatic carbocycles. The van der Waals surface area contributed by atoms with Crippen molar-refractivity contribution in [2.75, 3.05) is 18.4 Å². The Morgan fingerprint density at radius 1 is 1.23 bits per heavy atom. The first kappa shape index (κ1) is 18.7. The second-order valence-corrected chi connectivity index (χ2v) is 7.79. The van der Waals surface area contributed by atoms with E-state index in [2.05, 4.69) is 61.7 Å². The minimum Gasteiger partial charge on any atom is -0.328 e. The van der Waals surface area contributed by atoms with Gasteiger partial charge < -0.3 is 15.2 Å². The zero-order valence-corrected chi connectivity index (χ0v) is 15.0. The van der Waals surface area contributed by atoms with Gasteiger partial charge in [0.1, 0.15) is 0 Å². The Kier molecular flexibility index (Phi) is 6.60. The number of nitrogens with one attached hydrogen (secondary N) is 2. The Labute approximate surface area is 134 Å². The summed E-state index contributed by atoms with van der Waals surface area (Å²) in [5, 5.41) is 6.36. The van der Waals surface area contributed by atoms with Gasteiger partial charge in [0.25, 0.3) is 0 Å². The molecule has 1 rings (SSSR count). The lowest BCUT2D eigenvalue weighted by Gasteiger charge is -2.29. The molecule has 5 heteroatoms. The summed E-state index contributed by atoms with van der Waals surface area (Å²) in [4.78, 5) is 16.0. The summed E-state index contributed by atoms with van der Waals surface area (Å²) in [5.74, 6) is 0.667. The molecule has 0 aromatic carbocycles. The van der Waals surface area contributed by atoms with Crippen LogP contribution in [0.4, 0.5) is 5.82 Å². The summed E-state index contributed by atoms with van der Waals surface area (Å²) in [5.41, 5.74) is 0.175. The topological polar surface area (TPSA) is 59.0 Å². The average Bonchev–Trinajstić information content (AvgIpc) is 2.83. The number of imidazole rings is 1. The number of hydrogen-bond acceptors (Lipinski definition) is 3. The van der Waals surface area contributed by atoms with E-state index in [1.165, 1.54) is 0 Å². The molecule has 0 spiro atoms. The summed E-state index contributed by atoms with van der Waals surface area (Å²) in [7, 11) is 0. The van der Waals surface area contributed by atoms with Crippen LogP contribution in [0.1, 0.15) is 60.8 Å². The Hall–Kier alpha value is -1.36. The molecule has 0 saturated heterocycles. The van der Waals surface area contributed by atoms with E-state index in [-0.39, 0.29) is 16.9 Å². The standard InChI is InChI=1S/C17H32N4O/c1-7-8-9-15(22)20-14-10-21(13-19-14)17(5,6)12-18-11-16(2,3)4/h10,13,18H,7-9,11-12H2,1-6H3,(H,20,22). The molecule has 2 N–H and O–H groups in total. The summed E-state index contributed by atoms with van der Waals surface area (Å²) in [6.45, 7) is 14.9. The van der Waals surface area contributed by atoms with Crippen molar-refractivity contribution in [3.8, 4) is 0 Å². The van der Waals surface area contributed by atoms with Gasteiger partial charge in [-0.05, 0) is 25.7 Å². The SMILES string of the molecule is CCCCC(=O)Nc1cn(C(C)(C)CNCC(C)(C)C)cn1. The molecule has 1 amide bonds. The molecule has 1 aromatic heterocycles. The number of hydrogen-bond donors (Lipinski definition) is 2. The van der Waals surface area contributed by atoms with Gasteiger partial charge in [-0.25, -0.2) is 4.98 Å². The van der Waals surface area contributed by atoms with E-state index < -0.39 is 0 Å². The molecule has 5 nitrogen and oxygen atoms in total. The van der Waals surface area contributed by atoms with Gasteiger partial charge in [0.05, 0.1) is 11.9 Å². The van der Waals surface area contributed by atoms with Crippen LogP contribution in [0.2, 0.25) is 0 Å². The number of carbonyl (C=O) groups excluding carboxylic acids is 1. The number of amides is 1. The maximum atomic E-state index is 11.7. The minimum atomic E-state index is -0.0926. The third kappa shape index (κ3) is 6.60. The van der Waals surface area contributed by atoms with Crippen molar-refractivity contribution in [2.24, 2.45) is 5.41 Å². The van der Waals surface area contributed by atoms with Crippen molar-refractivity contribution in [1.82, 2.24) is 14.9 Å². The van der Waals surface area contributed by atoms with Crippen molar-refractivity contribution in [3.05, 3.63) is 12.5 Å². The number of carbonyl (C=O) groups is 1. The van der Waals surface area contributed by atoms with Crippen LogP contribution in [0.25, 0.3) is 0 Å². The van der Waals surface area contributed by atoms with Crippen LogP contribution >= 0.6 is 0 Å². The molecule has 1 aromatic rings. The average molecular weight is 308 g/mol. The molecule has 0 bridgehead atoms. The maximum absolute atomic E-state index is 11.7. The Balaban J connectivity index is 2.55. The number of rotatable bonds is 8. The number of nitrogens with zero attached hydrogens (tertiary/aromatic N) is 2. The lowest BCUT2D eigenvalue weighted by molar-refractivity contribution is -0.116. The van der Waals surface area contributed by atoms with Crippen molar-refractivity contribution in [2.45, 2.75) is 66.3 Å².